The average Bonchev–Trinajstić information content (AvgIpc) is 2.84. The normalized spacial score (nSPS) is 23.5. The fraction of sp³-hybridized carbons (Fsp3) is 0.667. The van der Waals surface area contributed by atoms with E-state index < -0.39 is 16.1 Å². The molecule has 2 saturated heterocycles. The summed E-state index contributed by atoms with van der Waals surface area (Å²) in [6, 6.07) is 1.77. The Hall–Kier alpha value is -1.74. The number of sulfonamides is 1. The number of amides is 1. The number of piperidine rings is 1. The maximum atomic E-state index is 11.9. The molecule has 1 aromatic rings. The highest BCUT2D eigenvalue weighted by molar-refractivity contribution is 7.88. The lowest BCUT2D eigenvalue weighted by atomic mass is 9.97. The first kappa shape index (κ1) is 17.1. The summed E-state index contributed by atoms with van der Waals surface area (Å²) in [5.74, 6) is 1.32. The second-order valence-corrected chi connectivity index (χ2v) is 8.45. The van der Waals surface area contributed by atoms with Gasteiger partial charge in [0.1, 0.15) is 17.7 Å². The van der Waals surface area contributed by atoms with Gasteiger partial charge in [0.25, 0.3) is 0 Å². The number of hydrogen-bond donors (Lipinski definition) is 0. The third-order valence-electron chi connectivity index (χ3n) is 4.38. The number of hydrogen-bond acceptors (Lipinski definition) is 6. The fourth-order valence-corrected chi connectivity index (χ4v) is 4.01. The van der Waals surface area contributed by atoms with Crippen LogP contribution in [-0.4, -0.2) is 60.8 Å². The molecule has 24 heavy (non-hydrogen) atoms. The summed E-state index contributed by atoms with van der Waals surface area (Å²) in [4.78, 5) is 22.5. The van der Waals surface area contributed by atoms with E-state index in [1.807, 2.05) is 13.8 Å². The monoisotopic (exact) mass is 354 g/mol. The van der Waals surface area contributed by atoms with Crippen molar-refractivity contribution in [1.29, 1.82) is 0 Å². The van der Waals surface area contributed by atoms with Crippen molar-refractivity contribution >= 4 is 21.9 Å². The van der Waals surface area contributed by atoms with E-state index in [1.165, 1.54) is 15.5 Å². The quantitative estimate of drug-likeness (QED) is 0.811. The van der Waals surface area contributed by atoms with Gasteiger partial charge in [0.05, 0.1) is 12.8 Å². The average molecular weight is 354 g/mol. The number of nitrogens with zero attached hydrogens (tertiary/aromatic N) is 4. The molecule has 2 aliphatic rings. The molecule has 0 aliphatic carbocycles. The molecule has 1 unspecified atom stereocenters. The summed E-state index contributed by atoms with van der Waals surface area (Å²) in [6.45, 7) is 5.12. The van der Waals surface area contributed by atoms with Crippen molar-refractivity contribution in [2.45, 2.75) is 38.7 Å². The van der Waals surface area contributed by atoms with Crippen molar-refractivity contribution in [2.75, 3.05) is 30.8 Å². The van der Waals surface area contributed by atoms with Crippen molar-refractivity contribution in [3.8, 4) is 0 Å². The number of anilines is 1. The zero-order chi connectivity index (χ0) is 17.5. The summed E-state index contributed by atoms with van der Waals surface area (Å²) >= 11 is 0. The maximum absolute atomic E-state index is 11.9. The summed E-state index contributed by atoms with van der Waals surface area (Å²) in [7, 11) is -3.15. The minimum absolute atomic E-state index is 0.0951. The van der Waals surface area contributed by atoms with Gasteiger partial charge in [0.15, 0.2) is 0 Å². The molecule has 132 valence electrons. The van der Waals surface area contributed by atoms with Crippen LogP contribution >= 0.6 is 0 Å². The maximum Gasteiger partial charge on any atom is 0.415 e. The highest BCUT2D eigenvalue weighted by atomic mass is 32.2. The molecule has 1 atom stereocenters. The van der Waals surface area contributed by atoms with Crippen molar-refractivity contribution in [1.82, 2.24) is 14.3 Å². The number of carbonyl (C=O) groups is 1. The second-order valence-electron chi connectivity index (χ2n) is 6.47. The molecule has 0 radical (unpaired) electrons. The van der Waals surface area contributed by atoms with Gasteiger partial charge in [-0.05, 0) is 26.7 Å². The molecule has 0 saturated carbocycles. The van der Waals surface area contributed by atoms with E-state index >= 15 is 0 Å². The molecular weight excluding hydrogens is 332 g/mol. The lowest BCUT2D eigenvalue weighted by Crippen LogP contribution is -2.37. The largest absolute Gasteiger partial charge is 0.444 e. The van der Waals surface area contributed by atoms with Gasteiger partial charge in [-0.25, -0.2) is 27.5 Å². The molecule has 3 heterocycles. The Morgan fingerprint density at radius 3 is 2.46 bits per heavy atom. The van der Waals surface area contributed by atoms with E-state index in [0.29, 0.717) is 44.1 Å². The van der Waals surface area contributed by atoms with E-state index in [-0.39, 0.29) is 12.0 Å². The first-order valence-corrected chi connectivity index (χ1v) is 9.87. The first-order chi connectivity index (χ1) is 11.2. The van der Waals surface area contributed by atoms with E-state index in [1.54, 1.807) is 6.07 Å². The van der Waals surface area contributed by atoms with Crippen LogP contribution in [0, 0.1) is 6.92 Å². The second kappa shape index (κ2) is 6.29. The lowest BCUT2D eigenvalue weighted by molar-refractivity contribution is 0.150. The summed E-state index contributed by atoms with van der Waals surface area (Å²) in [5, 5.41) is 0. The molecular formula is C15H22N4O4S. The van der Waals surface area contributed by atoms with Crippen molar-refractivity contribution < 1.29 is 17.9 Å². The van der Waals surface area contributed by atoms with Crippen LogP contribution in [0.4, 0.5) is 10.6 Å². The molecule has 2 fully saturated rings. The molecule has 2 aliphatic heterocycles. The van der Waals surface area contributed by atoms with Gasteiger partial charge < -0.3 is 4.74 Å². The summed E-state index contributed by atoms with van der Waals surface area (Å²) in [5.41, 5.74) is 0.785. The van der Waals surface area contributed by atoms with Gasteiger partial charge >= 0.3 is 6.09 Å². The Morgan fingerprint density at radius 2 is 1.92 bits per heavy atom. The molecule has 1 aromatic heterocycles. The Bertz CT molecular complexity index is 744. The first-order valence-electron chi connectivity index (χ1n) is 8.03. The van der Waals surface area contributed by atoms with Crippen molar-refractivity contribution in [3.05, 3.63) is 17.6 Å². The van der Waals surface area contributed by atoms with Gasteiger partial charge in [-0.3, -0.25) is 4.90 Å². The molecule has 8 nitrogen and oxygen atoms in total. The van der Waals surface area contributed by atoms with Crippen molar-refractivity contribution in [3.63, 3.8) is 0 Å². The summed E-state index contributed by atoms with van der Waals surface area (Å²) < 4.78 is 29.9. The van der Waals surface area contributed by atoms with Crippen LogP contribution in [0.25, 0.3) is 0 Å². The highest BCUT2D eigenvalue weighted by Gasteiger charge is 2.32. The van der Waals surface area contributed by atoms with Crippen LogP contribution in [0.3, 0.4) is 0 Å². The van der Waals surface area contributed by atoms with Crippen LogP contribution in [0.1, 0.15) is 37.2 Å². The van der Waals surface area contributed by atoms with Gasteiger partial charge in [-0.1, -0.05) is 0 Å². The van der Waals surface area contributed by atoms with Gasteiger partial charge in [0.2, 0.25) is 10.0 Å². The minimum Gasteiger partial charge on any atom is -0.444 e. The van der Waals surface area contributed by atoms with Crippen molar-refractivity contribution in [2.24, 2.45) is 0 Å². The van der Waals surface area contributed by atoms with E-state index in [9.17, 15) is 13.2 Å². The Balaban J connectivity index is 1.79. The van der Waals surface area contributed by atoms with Crippen LogP contribution < -0.4 is 4.90 Å². The van der Waals surface area contributed by atoms with E-state index in [2.05, 4.69) is 9.97 Å². The van der Waals surface area contributed by atoms with E-state index in [4.69, 9.17) is 4.74 Å². The third-order valence-corrected chi connectivity index (χ3v) is 5.69. The molecule has 0 bridgehead atoms. The van der Waals surface area contributed by atoms with Crippen LogP contribution in [0.5, 0.6) is 0 Å². The molecule has 0 N–H and O–H groups in total. The van der Waals surface area contributed by atoms with Gasteiger partial charge in [0, 0.05) is 30.8 Å². The highest BCUT2D eigenvalue weighted by Crippen LogP contribution is 2.29. The third kappa shape index (κ3) is 3.51. The molecule has 1 amide bonds. The Labute approximate surface area is 141 Å². The zero-order valence-corrected chi connectivity index (χ0v) is 14.9. The Morgan fingerprint density at radius 1 is 1.25 bits per heavy atom. The standard InChI is InChI=1S/C15H22N4O4S/c1-10-8-13(19-9-11(2)23-15(19)20)17-14(16-10)12-4-6-18(7-5-12)24(3,21)22/h8,11-12H,4-7,9H2,1-3H3. The molecule has 0 aromatic carbocycles. The number of aryl methyl sites for hydroxylation is 1. The molecule has 9 heteroatoms. The number of cyclic esters (lactones) is 1. The number of rotatable bonds is 3. The predicted molar refractivity (Wildman–Crippen MR) is 88.4 cm³/mol. The Kier molecular flexibility index (Phi) is 4.48. The fourth-order valence-electron chi connectivity index (χ4n) is 3.13. The van der Waals surface area contributed by atoms with Crippen LogP contribution in [0.15, 0.2) is 6.07 Å². The molecule has 3 rings (SSSR count). The number of ether oxygens (including phenoxy) is 1. The predicted octanol–water partition coefficient (Wildman–Crippen LogP) is 1.27. The summed E-state index contributed by atoms with van der Waals surface area (Å²) in [6.07, 6.45) is 2.04. The number of aromatic nitrogens is 2. The zero-order valence-electron chi connectivity index (χ0n) is 14.1. The van der Waals surface area contributed by atoms with Gasteiger partial charge in [-0.2, -0.15) is 0 Å². The van der Waals surface area contributed by atoms with E-state index in [0.717, 1.165) is 5.69 Å². The lowest BCUT2D eigenvalue weighted by Gasteiger charge is -2.29. The SMILES string of the molecule is Cc1cc(N2CC(C)OC2=O)nc(C2CCN(S(C)(=O)=O)CC2)n1. The van der Waals surface area contributed by atoms with Crippen LogP contribution in [0.2, 0.25) is 0 Å². The van der Waals surface area contributed by atoms with Crippen LogP contribution in [-0.2, 0) is 14.8 Å². The van der Waals surface area contributed by atoms with Gasteiger partial charge in [-0.15, -0.1) is 0 Å². The number of carbonyl (C=O) groups excluding carboxylic acids is 1. The topological polar surface area (TPSA) is 92.7 Å². The smallest absolute Gasteiger partial charge is 0.415 e. The minimum atomic E-state index is -3.15. The molecule has 0 spiro atoms.